The Morgan fingerprint density at radius 1 is 0.944 bits per heavy atom. The van der Waals surface area contributed by atoms with Crippen molar-refractivity contribution in [2.45, 2.75) is 6.92 Å². The third-order valence-corrected chi connectivity index (χ3v) is 8.33. The first-order valence-corrected chi connectivity index (χ1v) is 13.6. The summed E-state index contributed by atoms with van der Waals surface area (Å²) in [4.78, 5) is 15.4. The Balaban J connectivity index is 1.49. The van der Waals surface area contributed by atoms with Crippen LogP contribution in [-0.4, -0.2) is 56.8 Å². The minimum absolute atomic E-state index is 0.135. The second kappa shape index (κ2) is 9.59. The number of benzene rings is 3. The summed E-state index contributed by atoms with van der Waals surface area (Å²) in [5.74, 6) is -0.740. The van der Waals surface area contributed by atoms with Gasteiger partial charge in [0.25, 0.3) is 0 Å². The van der Waals surface area contributed by atoms with E-state index in [1.807, 2.05) is 36.1 Å². The molecule has 0 amide bonds. The Morgan fingerprint density at radius 2 is 1.64 bits per heavy atom. The predicted molar refractivity (Wildman–Crippen MR) is 136 cm³/mol. The summed E-state index contributed by atoms with van der Waals surface area (Å²) >= 11 is 0. The lowest BCUT2D eigenvalue weighted by molar-refractivity contribution is 0.105. The van der Waals surface area contributed by atoms with Crippen LogP contribution in [0.1, 0.15) is 27.0 Å². The van der Waals surface area contributed by atoms with Crippen molar-refractivity contribution in [2.75, 3.05) is 37.7 Å². The molecule has 0 saturated carbocycles. The number of fused-ring (bicyclic) bond motifs is 1. The van der Waals surface area contributed by atoms with Crippen molar-refractivity contribution in [1.29, 1.82) is 0 Å². The van der Waals surface area contributed by atoms with E-state index in [0.717, 1.165) is 11.6 Å². The molecule has 2 aliphatic rings. The predicted octanol–water partition coefficient (Wildman–Crippen LogP) is 4.79. The molecule has 0 bridgehead atoms. The Morgan fingerprint density at radius 3 is 2.33 bits per heavy atom. The largest absolute Gasteiger partial charge is 0.492 e. The maximum Gasteiger partial charge on any atom is 0.194 e. The van der Waals surface area contributed by atoms with E-state index in [1.54, 1.807) is 18.2 Å². The van der Waals surface area contributed by atoms with Gasteiger partial charge in [0.1, 0.15) is 24.0 Å². The lowest BCUT2D eigenvalue weighted by Crippen LogP contribution is -2.42. The molecule has 8 heteroatoms. The number of halogens is 2. The van der Waals surface area contributed by atoms with Gasteiger partial charge < -0.3 is 4.74 Å². The number of Topliss-reactive ketones (excluding diaryl/α,β-unsaturated/α-hetero) is 1. The Kier molecular flexibility index (Phi) is 6.49. The second-order valence-electron chi connectivity index (χ2n) is 9.09. The Labute approximate surface area is 208 Å². The zero-order valence-corrected chi connectivity index (χ0v) is 20.6. The average molecular weight is 510 g/mol. The zero-order chi connectivity index (χ0) is 25.4. The van der Waals surface area contributed by atoms with Crippen LogP contribution in [0.4, 0.5) is 8.78 Å². The summed E-state index contributed by atoms with van der Waals surface area (Å²) in [6.45, 7) is 3.57. The van der Waals surface area contributed by atoms with Gasteiger partial charge in [0.15, 0.2) is 15.6 Å². The van der Waals surface area contributed by atoms with Gasteiger partial charge in [-0.25, -0.2) is 17.2 Å². The zero-order valence-electron chi connectivity index (χ0n) is 19.8. The van der Waals surface area contributed by atoms with Crippen LogP contribution in [0.2, 0.25) is 0 Å². The number of nitrogens with zero attached hydrogens (tertiary/aromatic N) is 1. The summed E-state index contributed by atoms with van der Waals surface area (Å²) in [5.41, 5.74) is 4.09. The highest BCUT2D eigenvalue weighted by molar-refractivity contribution is 7.91. The molecular weight excluding hydrogens is 484 g/mol. The van der Waals surface area contributed by atoms with Crippen LogP contribution in [0.5, 0.6) is 5.75 Å². The number of ketones is 1. The lowest BCUT2D eigenvalue weighted by atomic mass is 9.90. The van der Waals surface area contributed by atoms with Crippen molar-refractivity contribution in [2.24, 2.45) is 0 Å². The van der Waals surface area contributed by atoms with Crippen molar-refractivity contribution >= 4 is 27.3 Å². The van der Waals surface area contributed by atoms with E-state index in [-0.39, 0.29) is 17.3 Å². The molecule has 5 rings (SSSR count). The molecule has 5 nitrogen and oxygen atoms in total. The van der Waals surface area contributed by atoms with Crippen molar-refractivity contribution < 1.29 is 26.7 Å². The molecule has 186 valence electrons. The monoisotopic (exact) mass is 509 g/mol. The van der Waals surface area contributed by atoms with Gasteiger partial charge >= 0.3 is 0 Å². The third-order valence-electron chi connectivity index (χ3n) is 6.72. The van der Waals surface area contributed by atoms with E-state index >= 15 is 0 Å². The van der Waals surface area contributed by atoms with E-state index < -0.39 is 21.5 Å². The van der Waals surface area contributed by atoms with Crippen LogP contribution >= 0.6 is 0 Å². The molecule has 1 aliphatic heterocycles. The van der Waals surface area contributed by atoms with Crippen molar-refractivity contribution in [3.05, 3.63) is 88.5 Å². The van der Waals surface area contributed by atoms with Crippen LogP contribution < -0.4 is 4.74 Å². The Bertz CT molecular complexity index is 1460. The van der Waals surface area contributed by atoms with Crippen LogP contribution in [0.3, 0.4) is 0 Å². The molecule has 1 fully saturated rings. The van der Waals surface area contributed by atoms with E-state index in [0.29, 0.717) is 65.4 Å². The molecule has 0 atom stereocenters. The van der Waals surface area contributed by atoms with Gasteiger partial charge in [0.05, 0.1) is 11.5 Å². The lowest BCUT2D eigenvalue weighted by Gasteiger charge is -2.26. The molecule has 0 aromatic heterocycles. The number of carbonyl (C=O) groups excluding carboxylic acids is 1. The standard InChI is InChI=1S/C28H25F2NO4S/c1-18-23(20-14-21(29)17-22(30)15-20)6-7-26(35-11-8-31-9-12-36(33,34)13-10-31)27(18)25-16-19-4-2-3-5-24(19)28(25)32/h2-7,14-17H,8-13H2,1H3. The van der Waals surface area contributed by atoms with Gasteiger partial charge in [-0.3, -0.25) is 9.69 Å². The number of allylic oxidation sites excluding steroid dienone is 1. The topological polar surface area (TPSA) is 63.7 Å². The van der Waals surface area contributed by atoms with Crippen molar-refractivity contribution in [1.82, 2.24) is 4.90 Å². The molecule has 1 saturated heterocycles. The summed E-state index contributed by atoms with van der Waals surface area (Å²) in [6, 6.07) is 14.1. The van der Waals surface area contributed by atoms with Crippen LogP contribution in [0.25, 0.3) is 22.8 Å². The fraction of sp³-hybridized carbons (Fsp3) is 0.250. The quantitative estimate of drug-likeness (QED) is 0.478. The number of hydrogen-bond donors (Lipinski definition) is 0. The first kappa shape index (κ1) is 24.3. The molecule has 0 spiro atoms. The number of sulfone groups is 1. The summed E-state index contributed by atoms with van der Waals surface area (Å²) in [7, 11) is -2.97. The molecule has 0 radical (unpaired) electrons. The maximum atomic E-state index is 14.0. The Hall–Kier alpha value is -3.36. The number of ether oxygens (including phenoxy) is 1. The van der Waals surface area contributed by atoms with E-state index in [9.17, 15) is 22.0 Å². The van der Waals surface area contributed by atoms with Crippen molar-refractivity contribution in [3.8, 4) is 16.9 Å². The van der Waals surface area contributed by atoms with Crippen LogP contribution in [0.15, 0.2) is 54.6 Å². The van der Waals surface area contributed by atoms with Gasteiger partial charge in [-0.05, 0) is 53.5 Å². The minimum atomic E-state index is -2.97. The van der Waals surface area contributed by atoms with Crippen LogP contribution in [0, 0.1) is 18.6 Å². The first-order valence-electron chi connectivity index (χ1n) is 11.7. The molecule has 36 heavy (non-hydrogen) atoms. The number of rotatable bonds is 6. The molecule has 1 aliphatic carbocycles. The smallest absolute Gasteiger partial charge is 0.194 e. The average Bonchev–Trinajstić information content (AvgIpc) is 3.16. The molecule has 1 heterocycles. The molecule has 3 aromatic carbocycles. The molecule has 0 N–H and O–H groups in total. The first-order chi connectivity index (χ1) is 17.2. The maximum absolute atomic E-state index is 14.0. The fourth-order valence-electron chi connectivity index (χ4n) is 4.80. The summed E-state index contributed by atoms with van der Waals surface area (Å²) in [5, 5.41) is 0. The minimum Gasteiger partial charge on any atom is -0.492 e. The second-order valence-corrected chi connectivity index (χ2v) is 11.4. The van der Waals surface area contributed by atoms with Gasteiger partial charge in [0, 0.05) is 42.4 Å². The van der Waals surface area contributed by atoms with Gasteiger partial charge in [-0.1, -0.05) is 30.3 Å². The van der Waals surface area contributed by atoms with Gasteiger partial charge in [-0.15, -0.1) is 0 Å². The van der Waals surface area contributed by atoms with E-state index in [1.165, 1.54) is 12.1 Å². The highest BCUT2D eigenvalue weighted by Gasteiger charge is 2.28. The fourth-order valence-corrected chi connectivity index (χ4v) is 6.08. The van der Waals surface area contributed by atoms with Gasteiger partial charge in [0.2, 0.25) is 0 Å². The van der Waals surface area contributed by atoms with Crippen molar-refractivity contribution in [3.63, 3.8) is 0 Å². The number of hydrogen-bond acceptors (Lipinski definition) is 5. The number of carbonyl (C=O) groups is 1. The normalized spacial score (nSPS) is 17.1. The summed E-state index contributed by atoms with van der Waals surface area (Å²) < 4.78 is 57.5. The molecule has 3 aromatic rings. The molecule has 0 unspecified atom stereocenters. The SMILES string of the molecule is Cc1c(-c2cc(F)cc(F)c2)ccc(OCCN2CCS(=O)(=O)CC2)c1C1=Cc2ccccc2C1=O. The highest BCUT2D eigenvalue weighted by atomic mass is 32.2. The summed E-state index contributed by atoms with van der Waals surface area (Å²) in [6.07, 6.45) is 1.82. The molecular formula is C28H25F2NO4S. The van der Waals surface area contributed by atoms with Crippen LogP contribution in [-0.2, 0) is 9.84 Å². The van der Waals surface area contributed by atoms with Gasteiger partial charge in [-0.2, -0.15) is 0 Å². The highest BCUT2D eigenvalue weighted by Crippen LogP contribution is 2.41. The van der Waals surface area contributed by atoms with E-state index in [4.69, 9.17) is 4.74 Å². The third kappa shape index (κ3) is 4.83. The van der Waals surface area contributed by atoms with E-state index in [2.05, 4.69) is 0 Å².